The highest BCUT2D eigenvalue weighted by Gasteiger charge is 2.19. The van der Waals surface area contributed by atoms with Crippen molar-refractivity contribution in [3.63, 3.8) is 0 Å². The lowest BCUT2D eigenvalue weighted by atomic mass is 9.92. The van der Waals surface area contributed by atoms with Crippen molar-refractivity contribution < 1.29 is 4.52 Å². The molecule has 0 atom stereocenters. The lowest BCUT2D eigenvalue weighted by Crippen LogP contribution is -2.11. The van der Waals surface area contributed by atoms with E-state index in [9.17, 15) is 0 Å². The Kier molecular flexibility index (Phi) is 2.89. The van der Waals surface area contributed by atoms with Gasteiger partial charge < -0.3 is 9.84 Å². The van der Waals surface area contributed by atoms with Gasteiger partial charge in [-0.3, -0.25) is 0 Å². The van der Waals surface area contributed by atoms with Crippen LogP contribution in [0, 0.1) is 0 Å². The average molecular weight is 272 g/mol. The van der Waals surface area contributed by atoms with Gasteiger partial charge in [0.25, 0.3) is 0 Å². The predicted octanol–water partition coefficient (Wildman–Crippen LogP) is 2.02. The predicted molar refractivity (Wildman–Crippen MR) is 73.3 cm³/mol. The monoisotopic (exact) mass is 272 g/mol. The summed E-state index contributed by atoms with van der Waals surface area (Å²) in [7, 11) is 0. The molecule has 7 heteroatoms. The summed E-state index contributed by atoms with van der Waals surface area (Å²) in [5.74, 6) is 1.34. The Morgan fingerprint density at radius 1 is 1.30 bits per heavy atom. The maximum atomic E-state index is 4.70. The maximum absolute atomic E-state index is 4.70. The quantitative estimate of drug-likeness (QED) is 0.785. The number of nitrogens with zero attached hydrogens (tertiary/aromatic N) is 5. The van der Waals surface area contributed by atoms with Crippen LogP contribution in [-0.4, -0.2) is 24.7 Å². The third kappa shape index (κ3) is 2.34. The molecule has 0 spiro atoms. The van der Waals surface area contributed by atoms with Gasteiger partial charge in [-0.25, -0.2) is 9.50 Å². The molecule has 20 heavy (non-hydrogen) atoms. The van der Waals surface area contributed by atoms with Gasteiger partial charge in [0.1, 0.15) is 5.52 Å². The van der Waals surface area contributed by atoms with Gasteiger partial charge in [-0.15, -0.1) is 0 Å². The molecular weight excluding hydrogens is 256 g/mol. The minimum Gasteiger partial charge on any atom is -0.361 e. The molecule has 3 aromatic rings. The van der Waals surface area contributed by atoms with Crippen molar-refractivity contribution in [2.45, 2.75) is 32.7 Å². The lowest BCUT2D eigenvalue weighted by molar-refractivity contribution is 0.411. The van der Waals surface area contributed by atoms with Crippen LogP contribution >= 0.6 is 0 Å². The number of anilines is 1. The zero-order valence-electron chi connectivity index (χ0n) is 11.7. The first-order valence-corrected chi connectivity index (χ1v) is 6.38. The zero-order chi connectivity index (χ0) is 14.2. The first-order chi connectivity index (χ1) is 9.54. The molecular formula is C13H16N6O. The molecule has 0 aliphatic rings. The Bertz CT molecular complexity index is 710. The molecule has 7 nitrogen and oxygen atoms in total. The number of nitrogens with one attached hydrogen (secondary N) is 1. The summed E-state index contributed by atoms with van der Waals surface area (Å²) in [5.41, 5.74) is 1.95. The topological polar surface area (TPSA) is 81.1 Å². The third-order valence-corrected chi connectivity index (χ3v) is 2.98. The molecule has 3 aromatic heterocycles. The number of hydrogen-bond donors (Lipinski definition) is 1. The highest BCUT2D eigenvalue weighted by atomic mass is 16.5. The lowest BCUT2D eigenvalue weighted by Gasteiger charge is -2.13. The van der Waals surface area contributed by atoms with Gasteiger partial charge in [-0.1, -0.05) is 25.9 Å². The number of fused-ring (bicyclic) bond motifs is 1. The molecule has 104 valence electrons. The normalized spacial score (nSPS) is 11.9. The highest BCUT2D eigenvalue weighted by Crippen LogP contribution is 2.24. The molecule has 0 aliphatic carbocycles. The largest absolute Gasteiger partial charge is 0.361 e. The molecule has 0 saturated carbocycles. The van der Waals surface area contributed by atoms with Gasteiger partial charge in [0, 0.05) is 17.8 Å². The van der Waals surface area contributed by atoms with E-state index in [2.05, 4.69) is 46.3 Å². The Labute approximate surface area is 116 Å². The summed E-state index contributed by atoms with van der Waals surface area (Å²) in [6.07, 6.45) is 4.86. The zero-order valence-corrected chi connectivity index (χ0v) is 11.7. The Morgan fingerprint density at radius 2 is 2.15 bits per heavy atom. The second kappa shape index (κ2) is 4.59. The van der Waals surface area contributed by atoms with Gasteiger partial charge >= 0.3 is 0 Å². The van der Waals surface area contributed by atoms with Crippen LogP contribution in [0.25, 0.3) is 5.52 Å². The summed E-state index contributed by atoms with van der Waals surface area (Å²) < 4.78 is 6.53. The van der Waals surface area contributed by atoms with Crippen molar-refractivity contribution in [1.29, 1.82) is 0 Å². The summed E-state index contributed by atoms with van der Waals surface area (Å²) in [6.45, 7) is 6.86. The van der Waals surface area contributed by atoms with Crippen LogP contribution < -0.4 is 5.32 Å². The van der Waals surface area contributed by atoms with Gasteiger partial charge in [-0.05, 0) is 6.07 Å². The molecule has 0 aromatic carbocycles. The second-order valence-corrected chi connectivity index (χ2v) is 5.59. The summed E-state index contributed by atoms with van der Waals surface area (Å²) in [4.78, 5) is 8.31. The van der Waals surface area contributed by atoms with Crippen molar-refractivity contribution in [1.82, 2.24) is 24.7 Å². The SMILES string of the molecule is CC(C)(C)c1cc2c(NCc3ncon3)nccn2n1. The van der Waals surface area contributed by atoms with E-state index in [4.69, 9.17) is 4.52 Å². The van der Waals surface area contributed by atoms with Crippen LogP contribution in [0.2, 0.25) is 0 Å². The first kappa shape index (κ1) is 12.6. The molecule has 0 bridgehead atoms. The van der Waals surface area contributed by atoms with Crippen LogP contribution in [0.4, 0.5) is 5.82 Å². The van der Waals surface area contributed by atoms with Gasteiger partial charge in [0.15, 0.2) is 11.6 Å². The van der Waals surface area contributed by atoms with Gasteiger partial charge in [0.05, 0.1) is 12.2 Å². The fourth-order valence-electron chi connectivity index (χ4n) is 1.86. The van der Waals surface area contributed by atoms with Gasteiger partial charge in [-0.2, -0.15) is 10.1 Å². The van der Waals surface area contributed by atoms with E-state index in [1.165, 1.54) is 6.39 Å². The highest BCUT2D eigenvalue weighted by molar-refractivity contribution is 5.68. The maximum Gasteiger partial charge on any atom is 0.213 e. The fraction of sp³-hybridized carbons (Fsp3) is 0.385. The van der Waals surface area contributed by atoms with Crippen LogP contribution in [0.1, 0.15) is 32.3 Å². The molecule has 0 amide bonds. The Morgan fingerprint density at radius 3 is 2.85 bits per heavy atom. The minimum absolute atomic E-state index is 0.00302. The molecule has 0 unspecified atom stereocenters. The Hall–Kier alpha value is -2.44. The molecule has 1 N–H and O–H groups in total. The van der Waals surface area contributed by atoms with E-state index in [0.29, 0.717) is 12.4 Å². The number of aromatic nitrogens is 5. The average Bonchev–Trinajstić information content (AvgIpc) is 3.04. The third-order valence-electron chi connectivity index (χ3n) is 2.98. The minimum atomic E-state index is -0.00302. The van der Waals surface area contributed by atoms with Crippen LogP contribution in [0.15, 0.2) is 29.4 Å². The number of rotatable bonds is 3. The number of hydrogen-bond acceptors (Lipinski definition) is 6. The summed E-state index contributed by atoms with van der Waals surface area (Å²) in [5, 5.41) is 11.5. The van der Waals surface area contributed by atoms with Crippen LogP contribution in [-0.2, 0) is 12.0 Å². The van der Waals surface area contributed by atoms with Crippen molar-refractivity contribution in [3.05, 3.63) is 36.4 Å². The fourth-order valence-corrected chi connectivity index (χ4v) is 1.86. The Balaban J connectivity index is 1.92. The van der Waals surface area contributed by atoms with E-state index >= 15 is 0 Å². The molecule has 3 rings (SSSR count). The van der Waals surface area contributed by atoms with Gasteiger partial charge in [0.2, 0.25) is 6.39 Å². The van der Waals surface area contributed by atoms with E-state index in [0.717, 1.165) is 17.0 Å². The van der Waals surface area contributed by atoms with Crippen molar-refractivity contribution in [2.75, 3.05) is 5.32 Å². The summed E-state index contributed by atoms with van der Waals surface area (Å²) >= 11 is 0. The van der Waals surface area contributed by atoms with Crippen molar-refractivity contribution in [2.24, 2.45) is 0 Å². The first-order valence-electron chi connectivity index (χ1n) is 6.38. The molecule has 3 heterocycles. The molecule has 0 fully saturated rings. The second-order valence-electron chi connectivity index (χ2n) is 5.59. The van der Waals surface area contributed by atoms with Crippen molar-refractivity contribution in [3.8, 4) is 0 Å². The smallest absolute Gasteiger partial charge is 0.213 e. The van der Waals surface area contributed by atoms with E-state index < -0.39 is 0 Å². The van der Waals surface area contributed by atoms with E-state index in [1.807, 2.05) is 16.8 Å². The molecule has 0 radical (unpaired) electrons. The molecule has 0 saturated heterocycles. The van der Waals surface area contributed by atoms with E-state index in [1.54, 1.807) is 6.20 Å². The van der Waals surface area contributed by atoms with Crippen LogP contribution in [0.3, 0.4) is 0 Å². The van der Waals surface area contributed by atoms with Crippen molar-refractivity contribution >= 4 is 11.3 Å². The van der Waals surface area contributed by atoms with E-state index in [-0.39, 0.29) is 5.41 Å². The molecule has 0 aliphatic heterocycles. The standard InChI is InChI=1S/C13H16N6O/c1-13(2,3)10-6-9-12(14-4-5-19(9)17-10)15-7-11-16-8-20-18-11/h4-6,8H,7H2,1-3H3,(H,14,15). The summed E-state index contributed by atoms with van der Waals surface area (Å²) in [6, 6.07) is 2.05. The van der Waals surface area contributed by atoms with Crippen LogP contribution in [0.5, 0.6) is 0 Å².